The van der Waals surface area contributed by atoms with Gasteiger partial charge < -0.3 is 4.90 Å². The number of para-hydroxylation sites is 1. The summed E-state index contributed by atoms with van der Waals surface area (Å²) in [5, 5.41) is 7.43. The van der Waals surface area contributed by atoms with Gasteiger partial charge in [0.15, 0.2) is 0 Å². The number of rotatable bonds is 6. The van der Waals surface area contributed by atoms with Gasteiger partial charge in [0.1, 0.15) is 0 Å². The molecule has 0 fully saturated rings. The standard InChI is InChI=1S/C57H41N/c1-57(2)50-31-13-11-27-45(50)48-30-17-33-53(56(48)57)58(51-32-14-12-25-42(51)38-18-5-3-6-19-38)52-37-36-47(55-44-26-10-9-22-40(44)34-35-49(52)55)46-29-16-24-41-23-15-28-43(54(41)46)39-20-7-4-8-21-39/h3-37H,1-2H3. The summed E-state index contributed by atoms with van der Waals surface area (Å²) >= 11 is 0. The quantitative estimate of drug-likeness (QED) is 0.154. The van der Waals surface area contributed by atoms with Crippen LogP contribution in [0.25, 0.3) is 76.8 Å². The van der Waals surface area contributed by atoms with E-state index in [0.29, 0.717) is 0 Å². The van der Waals surface area contributed by atoms with Crippen LogP contribution < -0.4 is 4.90 Å². The molecule has 1 aliphatic carbocycles. The lowest BCUT2D eigenvalue weighted by Gasteiger charge is -2.34. The van der Waals surface area contributed by atoms with Crippen molar-refractivity contribution in [3.63, 3.8) is 0 Å². The summed E-state index contributed by atoms with van der Waals surface area (Å²) < 4.78 is 0. The van der Waals surface area contributed by atoms with Gasteiger partial charge in [0.05, 0.1) is 17.1 Å². The van der Waals surface area contributed by atoms with Crippen LogP contribution in [0.15, 0.2) is 212 Å². The molecule has 0 heterocycles. The Hall–Kier alpha value is -7.22. The van der Waals surface area contributed by atoms with Gasteiger partial charge in [-0.15, -0.1) is 0 Å². The van der Waals surface area contributed by atoms with Gasteiger partial charge in [0, 0.05) is 16.4 Å². The molecule has 0 spiro atoms. The third-order valence-electron chi connectivity index (χ3n) is 12.4. The summed E-state index contributed by atoms with van der Waals surface area (Å²) in [6.45, 7) is 4.78. The van der Waals surface area contributed by atoms with E-state index in [-0.39, 0.29) is 5.41 Å². The van der Waals surface area contributed by atoms with E-state index in [0.717, 1.165) is 11.4 Å². The number of benzene rings is 10. The minimum absolute atomic E-state index is 0.221. The fourth-order valence-corrected chi connectivity index (χ4v) is 9.88. The highest BCUT2D eigenvalue weighted by Crippen LogP contribution is 2.56. The zero-order valence-electron chi connectivity index (χ0n) is 32.7. The van der Waals surface area contributed by atoms with Crippen LogP contribution in [-0.2, 0) is 5.41 Å². The van der Waals surface area contributed by atoms with E-state index >= 15 is 0 Å². The average Bonchev–Trinajstić information content (AvgIpc) is 3.53. The molecule has 11 rings (SSSR count). The maximum absolute atomic E-state index is 2.56. The summed E-state index contributed by atoms with van der Waals surface area (Å²) in [4.78, 5) is 2.56. The average molecular weight is 740 g/mol. The largest absolute Gasteiger partial charge is 0.309 e. The van der Waals surface area contributed by atoms with Crippen molar-refractivity contribution in [3.05, 3.63) is 223 Å². The Bertz CT molecular complexity index is 3190. The van der Waals surface area contributed by atoms with Gasteiger partial charge >= 0.3 is 0 Å². The summed E-state index contributed by atoms with van der Waals surface area (Å²) in [5.74, 6) is 0. The van der Waals surface area contributed by atoms with E-state index in [4.69, 9.17) is 0 Å². The molecule has 0 amide bonds. The first-order valence-electron chi connectivity index (χ1n) is 20.3. The normalized spacial score (nSPS) is 12.8. The predicted molar refractivity (Wildman–Crippen MR) is 248 cm³/mol. The van der Waals surface area contributed by atoms with Gasteiger partial charge in [-0.05, 0) is 95.2 Å². The first-order valence-corrected chi connectivity index (χ1v) is 20.3. The number of hydrogen-bond acceptors (Lipinski definition) is 1. The van der Waals surface area contributed by atoms with Gasteiger partial charge in [-0.3, -0.25) is 0 Å². The first kappa shape index (κ1) is 34.1. The highest BCUT2D eigenvalue weighted by Gasteiger charge is 2.39. The lowest BCUT2D eigenvalue weighted by Crippen LogP contribution is -2.21. The fourth-order valence-electron chi connectivity index (χ4n) is 9.88. The second kappa shape index (κ2) is 13.5. The molecule has 0 saturated carbocycles. The highest BCUT2D eigenvalue weighted by molar-refractivity contribution is 6.22. The molecular weight excluding hydrogens is 699 g/mol. The molecule has 0 unspecified atom stereocenters. The van der Waals surface area contributed by atoms with Crippen LogP contribution >= 0.6 is 0 Å². The molecule has 1 aliphatic rings. The van der Waals surface area contributed by atoms with Crippen LogP contribution in [0.2, 0.25) is 0 Å². The summed E-state index contributed by atoms with van der Waals surface area (Å²) in [6, 6.07) is 78.2. The molecule has 0 radical (unpaired) electrons. The van der Waals surface area contributed by atoms with E-state index in [9.17, 15) is 0 Å². The van der Waals surface area contributed by atoms with E-state index in [1.807, 2.05) is 0 Å². The topological polar surface area (TPSA) is 3.24 Å². The molecule has 0 bridgehead atoms. The maximum atomic E-state index is 2.56. The summed E-state index contributed by atoms with van der Waals surface area (Å²) in [7, 11) is 0. The van der Waals surface area contributed by atoms with Crippen LogP contribution in [0.5, 0.6) is 0 Å². The highest BCUT2D eigenvalue weighted by atomic mass is 15.2. The van der Waals surface area contributed by atoms with Crippen LogP contribution in [0, 0.1) is 0 Å². The molecule has 10 aromatic rings. The predicted octanol–water partition coefficient (Wildman–Crippen LogP) is 15.9. The van der Waals surface area contributed by atoms with Crippen LogP contribution in [-0.4, -0.2) is 0 Å². The Kier molecular flexibility index (Phi) is 7.91. The zero-order chi connectivity index (χ0) is 38.8. The minimum Gasteiger partial charge on any atom is -0.309 e. The molecule has 58 heavy (non-hydrogen) atoms. The number of hydrogen-bond donors (Lipinski definition) is 0. The van der Waals surface area contributed by atoms with Crippen molar-refractivity contribution in [2.45, 2.75) is 19.3 Å². The molecule has 0 atom stereocenters. The fraction of sp³-hybridized carbons (Fsp3) is 0.0526. The van der Waals surface area contributed by atoms with E-state index in [1.54, 1.807) is 0 Å². The smallest absolute Gasteiger partial charge is 0.0541 e. The van der Waals surface area contributed by atoms with Crippen molar-refractivity contribution in [2.75, 3.05) is 4.90 Å². The third-order valence-corrected chi connectivity index (χ3v) is 12.4. The van der Waals surface area contributed by atoms with E-state index in [1.165, 1.54) is 93.6 Å². The summed E-state index contributed by atoms with van der Waals surface area (Å²) in [6.07, 6.45) is 0. The van der Waals surface area contributed by atoms with E-state index in [2.05, 4.69) is 231 Å². The Labute approximate surface area is 340 Å². The maximum Gasteiger partial charge on any atom is 0.0541 e. The Morgan fingerprint density at radius 1 is 0.310 bits per heavy atom. The Morgan fingerprint density at radius 2 is 0.862 bits per heavy atom. The molecule has 0 saturated heterocycles. The van der Waals surface area contributed by atoms with Crippen LogP contribution in [0.3, 0.4) is 0 Å². The van der Waals surface area contributed by atoms with Crippen LogP contribution in [0.4, 0.5) is 17.1 Å². The van der Waals surface area contributed by atoms with Crippen molar-refractivity contribution in [1.29, 1.82) is 0 Å². The number of anilines is 3. The lowest BCUT2D eigenvalue weighted by molar-refractivity contribution is 0.661. The monoisotopic (exact) mass is 739 g/mol. The minimum atomic E-state index is -0.221. The van der Waals surface area contributed by atoms with Crippen molar-refractivity contribution < 1.29 is 0 Å². The Balaban J connectivity index is 1.26. The van der Waals surface area contributed by atoms with Gasteiger partial charge in [0.2, 0.25) is 0 Å². The zero-order valence-corrected chi connectivity index (χ0v) is 32.7. The molecule has 1 nitrogen and oxygen atoms in total. The Morgan fingerprint density at radius 3 is 1.66 bits per heavy atom. The molecule has 0 aromatic heterocycles. The number of fused-ring (bicyclic) bond motifs is 7. The molecule has 0 N–H and O–H groups in total. The van der Waals surface area contributed by atoms with Crippen molar-refractivity contribution in [3.8, 4) is 44.5 Å². The van der Waals surface area contributed by atoms with Gasteiger partial charge in [-0.25, -0.2) is 0 Å². The van der Waals surface area contributed by atoms with Crippen molar-refractivity contribution in [2.24, 2.45) is 0 Å². The van der Waals surface area contributed by atoms with Gasteiger partial charge in [-0.1, -0.05) is 208 Å². The SMILES string of the molecule is CC1(C)c2ccccc2-c2cccc(N(c3ccccc3-c3ccccc3)c3ccc(-c4cccc5cccc(-c6ccccc6)c45)c4c3ccc3ccccc34)c21. The molecule has 274 valence electrons. The second-order valence-corrected chi connectivity index (χ2v) is 16.0. The van der Waals surface area contributed by atoms with Gasteiger partial charge in [-0.2, -0.15) is 0 Å². The van der Waals surface area contributed by atoms with Crippen molar-refractivity contribution >= 4 is 49.4 Å². The third kappa shape index (κ3) is 5.24. The van der Waals surface area contributed by atoms with Crippen LogP contribution in [0.1, 0.15) is 25.0 Å². The van der Waals surface area contributed by atoms with Gasteiger partial charge in [0.25, 0.3) is 0 Å². The van der Waals surface area contributed by atoms with Crippen molar-refractivity contribution in [1.82, 2.24) is 0 Å². The molecular formula is C57H41N. The van der Waals surface area contributed by atoms with E-state index < -0.39 is 0 Å². The lowest BCUT2D eigenvalue weighted by atomic mass is 9.81. The molecule has 10 aromatic carbocycles. The molecule has 0 aliphatic heterocycles. The summed E-state index contributed by atoms with van der Waals surface area (Å²) in [5.41, 5.74) is 15.9. The first-order chi connectivity index (χ1) is 28.6. The number of nitrogens with zero attached hydrogens (tertiary/aromatic N) is 1. The second-order valence-electron chi connectivity index (χ2n) is 16.0. The molecule has 1 heteroatoms.